The molecule has 0 atom stereocenters. The van der Waals surface area contributed by atoms with Crippen LogP contribution in [0.5, 0.6) is 17.2 Å². The van der Waals surface area contributed by atoms with Crippen molar-refractivity contribution in [2.45, 2.75) is 0 Å². The summed E-state index contributed by atoms with van der Waals surface area (Å²) in [4.78, 5) is 0. The molecule has 0 saturated heterocycles. The van der Waals surface area contributed by atoms with E-state index < -0.39 is 0 Å². The van der Waals surface area contributed by atoms with E-state index in [4.69, 9.17) is 51.1 Å². The zero-order chi connectivity index (χ0) is 13.3. The van der Waals surface area contributed by atoms with Gasteiger partial charge in [0.1, 0.15) is 16.5 Å². The topological polar surface area (TPSA) is 29.5 Å². The molecule has 0 aliphatic carbocycles. The number of rotatable bonds is 2. The van der Waals surface area contributed by atoms with Gasteiger partial charge < -0.3 is 9.84 Å². The molecule has 2 nitrogen and oxygen atoms in total. The Kier molecular flexibility index (Phi) is 4.13. The first-order valence-electron chi connectivity index (χ1n) is 4.79. The molecule has 0 heterocycles. The second-order valence-corrected chi connectivity index (χ2v) is 4.99. The van der Waals surface area contributed by atoms with Crippen molar-refractivity contribution in [2.75, 3.05) is 0 Å². The molecular formula is C12H6Cl4O2. The van der Waals surface area contributed by atoms with Crippen LogP contribution in [-0.2, 0) is 0 Å². The Morgan fingerprint density at radius 3 is 2.17 bits per heavy atom. The van der Waals surface area contributed by atoms with Crippen LogP contribution in [0.15, 0.2) is 30.3 Å². The SMILES string of the molecule is Oc1ccc(Cl)c(Oc2ccc(Cl)c(Cl)c2)c1Cl. The highest BCUT2D eigenvalue weighted by atomic mass is 35.5. The summed E-state index contributed by atoms with van der Waals surface area (Å²) in [5, 5.41) is 10.6. The van der Waals surface area contributed by atoms with Crippen LogP contribution in [0.4, 0.5) is 0 Å². The van der Waals surface area contributed by atoms with Crippen molar-refractivity contribution in [2.24, 2.45) is 0 Å². The van der Waals surface area contributed by atoms with E-state index in [-0.39, 0.29) is 21.5 Å². The van der Waals surface area contributed by atoms with Crippen molar-refractivity contribution >= 4 is 46.4 Å². The monoisotopic (exact) mass is 322 g/mol. The fourth-order valence-corrected chi connectivity index (χ4v) is 2.01. The molecule has 0 radical (unpaired) electrons. The number of aromatic hydroxyl groups is 1. The summed E-state index contributed by atoms with van der Waals surface area (Å²) in [5.41, 5.74) is 0. The smallest absolute Gasteiger partial charge is 0.168 e. The van der Waals surface area contributed by atoms with Gasteiger partial charge in [-0.25, -0.2) is 0 Å². The molecule has 18 heavy (non-hydrogen) atoms. The van der Waals surface area contributed by atoms with E-state index in [0.29, 0.717) is 15.8 Å². The standard InChI is InChI=1S/C12H6Cl4O2/c13-7-2-1-6(5-9(7)15)18-12-8(14)3-4-10(17)11(12)16/h1-5,17H. The third-order valence-corrected chi connectivity index (χ3v) is 3.54. The van der Waals surface area contributed by atoms with Gasteiger partial charge in [-0.1, -0.05) is 46.4 Å². The number of halogens is 4. The predicted molar refractivity (Wildman–Crippen MR) is 74.7 cm³/mol. The molecule has 0 amide bonds. The zero-order valence-corrected chi connectivity index (χ0v) is 11.8. The molecule has 0 fully saturated rings. The summed E-state index contributed by atoms with van der Waals surface area (Å²) in [6.45, 7) is 0. The van der Waals surface area contributed by atoms with Gasteiger partial charge in [-0.3, -0.25) is 0 Å². The van der Waals surface area contributed by atoms with Gasteiger partial charge in [0.05, 0.1) is 15.1 Å². The molecule has 2 aromatic rings. The number of ether oxygens (including phenoxy) is 1. The first-order valence-corrected chi connectivity index (χ1v) is 6.30. The van der Waals surface area contributed by atoms with Gasteiger partial charge in [0.25, 0.3) is 0 Å². The van der Waals surface area contributed by atoms with E-state index in [1.807, 2.05) is 0 Å². The largest absolute Gasteiger partial charge is 0.506 e. The molecule has 0 aliphatic heterocycles. The molecule has 0 aromatic heterocycles. The minimum absolute atomic E-state index is 0.0357. The molecule has 0 bridgehead atoms. The van der Waals surface area contributed by atoms with Crippen LogP contribution >= 0.6 is 46.4 Å². The Morgan fingerprint density at radius 1 is 0.833 bits per heavy atom. The lowest BCUT2D eigenvalue weighted by Gasteiger charge is -2.10. The van der Waals surface area contributed by atoms with Gasteiger partial charge in [0.15, 0.2) is 5.75 Å². The highest BCUT2D eigenvalue weighted by molar-refractivity contribution is 6.42. The molecule has 2 aromatic carbocycles. The summed E-state index contributed by atoms with van der Waals surface area (Å²) in [6, 6.07) is 7.59. The fraction of sp³-hybridized carbons (Fsp3) is 0. The Bertz CT molecular complexity index is 599. The quantitative estimate of drug-likeness (QED) is 0.757. The second kappa shape index (κ2) is 5.45. The van der Waals surface area contributed by atoms with E-state index in [9.17, 15) is 5.11 Å². The van der Waals surface area contributed by atoms with Gasteiger partial charge in [0.2, 0.25) is 0 Å². The molecule has 2 rings (SSSR count). The van der Waals surface area contributed by atoms with Crippen LogP contribution in [0.25, 0.3) is 0 Å². The van der Waals surface area contributed by atoms with Crippen molar-refractivity contribution in [3.8, 4) is 17.2 Å². The van der Waals surface area contributed by atoms with E-state index in [0.717, 1.165) is 0 Å². The normalized spacial score (nSPS) is 10.4. The van der Waals surface area contributed by atoms with Crippen molar-refractivity contribution in [1.29, 1.82) is 0 Å². The van der Waals surface area contributed by atoms with Crippen molar-refractivity contribution in [3.63, 3.8) is 0 Å². The summed E-state index contributed by atoms with van der Waals surface area (Å²) in [6.07, 6.45) is 0. The van der Waals surface area contributed by atoms with Crippen molar-refractivity contribution < 1.29 is 9.84 Å². The number of phenolic OH excluding ortho intramolecular Hbond substituents is 1. The molecular weight excluding hydrogens is 318 g/mol. The van der Waals surface area contributed by atoms with E-state index in [2.05, 4.69) is 0 Å². The molecule has 94 valence electrons. The lowest BCUT2D eigenvalue weighted by Crippen LogP contribution is -1.87. The molecule has 0 unspecified atom stereocenters. The highest BCUT2D eigenvalue weighted by Gasteiger charge is 2.13. The Balaban J connectivity index is 2.39. The average molecular weight is 324 g/mol. The van der Waals surface area contributed by atoms with E-state index in [1.165, 1.54) is 18.2 Å². The number of hydrogen-bond donors (Lipinski definition) is 1. The summed E-state index contributed by atoms with van der Waals surface area (Å²) < 4.78 is 5.49. The summed E-state index contributed by atoms with van der Waals surface area (Å²) in [5.74, 6) is 0.464. The van der Waals surface area contributed by atoms with Crippen LogP contribution in [0.3, 0.4) is 0 Å². The third kappa shape index (κ3) is 2.78. The van der Waals surface area contributed by atoms with Crippen LogP contribution in [-0.4, -0.2) is 5.11 Å². The van der Waals surface area contributed by atoms with Gasteiger partial charge in [-0.05, 0) is 24.3 Å². The first-order chi connectivity index (χ1) is 8.49. The molecule has 0 spiro atoms. The zero-order valence-electron chi connectivity index (χ0n) is 8.75. The third-order valence-electron chi connectivity index (χ3n) is 2.14. The van der Waals surface area contributed by atoms with Crippen LogP contribution < -0.4 is 4.74 Å². The van der Waals surface area contributed by atoms with Gasteiger partial charge >= 0.3 is 0 Å². The van der Waals surface area contributed by atoms with Crippen LogP contribution in [0.1, 0.15) is 0 Å². The van der Waals surface area contributed by atoms with Gasteiger partial charge in [0, 0.05) is 6.07 Å². The second-order valence-electron chi connectivity index (χ2n) is 3.39. The van der Waals surface area contributed by atoms with E-state index in [1.54, 1.807) is 12.1 Å². The van der Waals surface area contributed by atoms with Crippen molar-refractivity contribution in [3.05, 3.63) is 50.4 Å². The van der Waals surface area contributed by atoms with Gasteiger partial charge in [-0.2, -0.15) is 0 Å². The maximum absolute atomic E-state index is 9.48. The Morgan fingerprint density at radius 2 is 1.50 bits per heavy atom. The summed E-state index contributed by atoms with van der Waals surface area (Å²) >= 11 is 23.5. The van der Waals surface area contributed by atoms with Gasteiger partial charge in [-0.15, -0.1) is 0 Å². The maximum Gasteiger partial charge on any atom is 0.168 e. The minimum atomic E-state index is -0.115. The lowest BCUT2D eigenvalue weighted by atomic mass is 10.3. The molecule has 1 N–H and O–H groups in total. The molecule has 0 saturated carbocycles. The highest BCUT2D eigenvalue weighted by Crippen LogP contribution is 2.42. The van der Waals surface area contributed by atoms with E-state index >= 15 is 0 Å². The predicted octanol–water partition coefficient (Wildman–Crippen LogP) is 5.80. The first kappa shape index (κ1) is 13.6. The Hall–Kier alpha value is -0.800. The molecule has 0 aliphatic rings. The minimum Gasteiger partial charge on any atom is -0.506 e. The average Bonchev–Trinajstić information content (AvgIpc) is 2.34. The summed E-state index contributed by atoms with van der Waals surface area (Å²) in [7, 11) is 0. The fourth-order valence-electron chi connectivity index (χ4n) is 1.27. The Labute approximate surface area is 124 Å². The molecule has 6 heteroatoms. The van der Waals surface area contributed by atoms with Crippen LogP contribution in [0, 0.1) is 0 Å². The number of phenols is 1. The number of benzene rings is 2. The van der Waals surface area contributed by atoms with Crippen molar-refractivity contribution in [1.82, 2.24) is 0 Å². The maximum atomic E-state index is 9.48. The number of hydrogen-bond acceptors (Lipinski definition) is 2. The lowest BCUT2D eigenvalue weighted by molar-refractivity contribution is 0.456. The van der Waals surface area contributed by atoms with Crippen LogP contribution in [0.2, 0.25) is 20.1 Å².